The highest BCUT2D eigenvalue weighted by atomic mass is 32.1. The Morgan fingerprint density at radius 3 is 2.71 bits per heavy atom. The average molecular weight is 250 g/mol. The monoisotopic (exact) mass is 250 g/mol. The molecule has 0 saturated carbocycles. The number of likely N-dealkylation sites (N-methyl/N-ethyl adjacent to an activating group) is 1. The molecule has 1 atom stereocenters. The van der Waals surface area contributed by atoms with Crippen LogP contribution in [0.3, 0.4) is 0 Å². The van der Waals surface area contributed by atoms with E-state index in [9.17, 15) is 0 Å². The Morgan fingerprint density at radius 2 is 2.24 bits per heavy atom. The van der Waals surface area contributed by atoms with Crippen LogP contribution in [0.2, 0.25) is 0 Å². The predicted octanol–water partition coefficient (Wildman–Crippen LogP) is 2.00. The summed E-state index contributed by atoms with van der Waals surface area (Å²) in [6.45, 7) is 4.18. The zero-order valence-electron chi connectivity index (χ0n) is 10.7. The maximum absolute atomic E-state index is 4.59. The van der Waals surface area contributed by atoms with Gasteiger partial charge in [-0.15, -0.1) is 11.3 Å². The first-order valence-electron chi connectivity index (χ1n) is 5.68. The van der Waals surface area contributed by atoms with Gasteiger partial charge in [-0.25, -0.2) is 9.97 Å². The van der Waals surface area contributed by atoms with Crippen molar-refractivity contribution in [2.45, 2.75) is 26.3 Å². The van der Waals surface area contributed by atoms with Gasteiger partial charge in [0.2, 0.25) is 0 Å². The lowest BCUT2D eigenvalue weighted by Crippen LogP contribution is -2.21. The van der Waals surface area contributed by atoms with E-state index >= 15 is 0 Å². The van der Waals surface area contributed by atoms with Crippen LogP contribution in [0, 0.1) is 13.8 Å². The number of imidazole rings is 1. The van der Waals surface area contributed by atoms with Gasteiger partial charge in [-0.3, -0.25) is 0 Å². The van der Waals surface area contributed by atoms with Gasteiger partial charge in [0.25, 0.3) is 0 Å². The third kappa shape index (κ3) is 2.56. The van der Waals surface area contributed by atoms with E-state index in [2.05, 4.69) is 33.7 Å². The van der Waals surface area contributed by atoms with Crippen LogP contribution in [0.4, 0.5) is 0 Å². The minimum atomic E-state index is 0.271. The highest BCUT2D eigenvalue weighted by Gasteiger charge is 2.16. The van der Waals surface area contributed by atoms with Gasteiger partial charge in [-0.2, -0.15) is 0 Å². The molecule has 2 rings (SSSR count). The number of thiazole rings is 1. The second-order valence-corrected chi connectivity index (χ2v) is 5.51. The lowest BCUT2D eigenvalue weighted by atomic mass is 10.1. The van der Waals surface area contributed by atoms with E-state index in [-0.39, 0.29) is 6.04 Å². The van der Waals surface area contributed by atoms with Crippen molar-refractivity contribution in [3.8, 4) is 0 Å². The largest absolute Gasteiger partial charge is 0.336 e. The van der Waals surface area contributed by atoms with Gasteiger partial charge in [-0.05, 0) is 20.9 Å². The molecule has 1 N–H and O–H groups in total. The molecular weight excluding hydrogens is 232 g/mol. The van der Waals surface area contributed by atoms with E-state index in [1.807, 2.05) is 26.6 Å². The van der Waals surface area contributed by atoms with E-state index in [1.165, 1.54) is 15.6 Å². The number of nitrogens with zero attached hydrogens (tertiary/aromatic N) is 3. The fourth-order valence-electron chi connectivity index (χ4n) is 1.86. The molecule has 2 heterocycles. The summed E-state index contributed by atoms with van der Waals surface area (Å²) in [6.07, 6.45) is 4.65. The molecule has 0 aliphatic carbocycles. The fourth-order valence-corrected chi connectivity index (χ4v) is 2.84. The van der Waals surface area contributed by atoms with Crippen LogP contribution in [0.15, 0.2) is 12.5 Å². The minimum absolute atomic E-state index is 0.271. The first-order chi connectivity index (χ1) is 8.11. The maximum Gasteiger partial charge on any atom is 0.0950 e. The van der Waals surface area contributed by atoms with Gasteiger partial charge < -0.3 is 9.88 Å². The molecule has 2 aromatic heterocycles. The van der Waals surface area contributed by atoms with E-state index in [1.54, 1.807) is 11.3 Å². The summed E-state index contributed by atoms with van der Waals surface area (Å²) in [6, 6.07) is 0.271. The zero-order valence-corrected chi connectivity index (χ0v) is 11.5. The summed E-state index contributed by atoms with van der Waals surface area (Å²) in [5.74, 6) is 0. The second-order valence-electron chi connectivity index (χ2n) is 4.22. The normalized spacial score (nSPS) is 12.9. The number of rotatable bonds is 4. The molecular formula is C12H18N4S. The van der Waals surface area contributed by atoms with Crippen LogP contribution in [0.25, 0.3) is 0 Å². The van der Waals surface area contributed by atoms with Gasteiger partial charge in [0.15, 0.2) is 0 Å². The molecule has 0 bridgehead atoms. The first-order valence-corrected chi connectivity index (χ1v) is 6.50. The maximum atomic E-state index is 4.59. The van der Waals surface area contributed by atoms with Crippen molar-refractivity contribution < 1.29 is 0 Å². The van der Waals surface area contributed by atoms with Crippen LogP contribution in [0.1, 0.15) is 27.3 Å². The van der Waals surface area contributed by atoms with Gasteiger partial charge in [0.1, 0.15) is 0 Å². The molecule has 4 nitrogen and oxygen atoms in total. The summed E-state index contributed by atoms with van der Waals surface area (Å²) in [5, 5.41) is 4.51. The first kappa shape index (κ1) is 12.3. The van der Waals surface area contributed by atoms with E-state index in [0.29, 0.717) is 0 Å². The summed E-state index contributed by atoms with van der Waals surface area (Å²) in [7, 11) is 4.00. The molecule has 92 valence electrons. The Balaban J connectivity index is 2.18. The van der Waals surface area contributed by atoms with Crippen molar-refractivity contribution in [1.29, 1.82) is 0 Å². The number of aryl methyl sites for hydroxylation is 3. The van der Waals surface area contributed by atoms with Crippen molar-refractivity contribution in [3.63, 3.8) is 0 Å². The van der Waals surface area contributed by atoms with Crippen LogP contribution < -0.4 is 5.32 Å². The van der Waals surface area contributed by atoms with Gasteiger partial charge in [0.05, 0.1) is 28.8 Å². The Labute approximate surface area is 106 Å². The summed E-state index contributed by atoms with van der Waals surface area (Å²) < 4.78 is 2.05. The smallest absolute Gasteiger partial charge is 0.0950 e. The zero-order chi connectivity index (χ0) is 12.4. The summed E-state index contributed by atoms with van der Waals surface area (Å²) in [4.78, 5) is 10.1. The number of hydrogen-bond donors (Lipinski definition) is 1. The lowest BCUT2D eigenvalue weighted by molar-refractivity contribution is 0.553. The highest BCUT2D eigenvalue weighted by molar-refractivity contribution is 7.11. The topological polar surface area (TPSA) is 42.7 Å². The average Bonchev–Trinajstić information content (AvgIpc) is 2.83. The SMILES string of the molecule is CNC(Cc1nc(C)c(C)s1)c1cncn1C. The molecule has 0 aliphatic rings. The Kier molecular flexibility index (Phi) is 3.59. The summed E-state index contributed by atoms with van der Waals surface area (Å²) in [5.41, 5.74) is 2.34. The number of aromatic nitrogens is 3. The third-order valence-corrected chi connectivity index (χ3v) is 4.11. The molecule has 5 heteroatoms. The molecule has 1 unspecified atom stereocenters. The molecule has 0 fully saturated rings. The molecule has 17 heavy (non-hydrogen) atoms. The second kappa shape index (κ2) is 4.98. The molecule has 0 spiro atoms. The minimum Gasteiger partial charge on any atom is -0.336 e. The molecule has 0 aromatic carbocycles. The lowest BCUT2D eigenvalue weighted by Gasteiger charge is -2.15. The highest BCUT2D eigenvalue weighted by Crippen LogP contribution is 2.22. The Morgan fingerprint density at radius 1 is 1.47 bits per heavy atom. The van der Waals surface area contributed by atoms with Crippen LogP contribution in [0.5, 0.6) is 0 Å². The van der Waals surface area contributed by atoms with Crippen molar-refractivity contribution in [2.24, 2.45) is 7.05 Å². The van der Waals surface area contributed by atoms with E-state index < -0.39 is 0 Å². The molecule has 0 aliphatic heterocycles. The Bertz CT molecular complexity index is 481. The van der Waals surface area contributed by atoms with Crippen LogP contribution >= 0.6 is 11.3 Å². The molecule has 0 radical (unpaired) electrons. The van der Waals surface area contributed by atoms with Crippen molar-refractivity contribution >= 4 is 11.3 Å². The number of nitrogens with one attached hydrogen (secondary N) is 1. The van der Waals surface area contributed by atoms with Gasteiger partial charge in [-0.1, -0.05) is 0 Å². The van der Waals surface area contributed by atoms with Crippen molar-refractivity contribution in [1.82, 2.24) is 19.9 Å². The molecule has 2 aromatic rings. The van der Waals surface area contributed by atoms with Crippen LogP contribution in [-0.2, 0) is 13.5 Å². The Hall–Kier alpha value is -1.20. The molecule has 0 amide bonds. The number of hydrogen-bond acceptors (Lipinski definition) is 4. The molecule has 0 saturated heterocycles. The van der Waals surface area contributed by atoms with Gasteiger partial charge in [0, 0.05) is 24.5 Å². The predicted molar refractivity (Wildman–Crippen MR) is 70.3 cm³/mol. The fraction of sp³-hybridized carbons (Fsp3) is 0.500. The van der Waals surface area contributed by atoms with E-state index in [0.717, 1.165) is 12.1 Å². The summed E-state index contributed by atoms with van der Waals surface area (Å²) >= 11 is 1.78. The quantitative estimate of drug-likeness (QED) is 0.902. The third-order valence-electron chi connectivity index (χ3n) is 3.01. The van der Waals surface area contributed by atoms with Gasteiger partial charge >= 0.3 is 0 Å². The van der Waals surface area contributed by atoms with Crippen molar-refractivity contribution in [3.05, 3.63) is 33.8 Å². The standard InChI is InChI=1S/C12H18N4S/c1-8-9(2)17-12(15-8)5-10(13-3)11-6-14-7-16(11)4/h6-7,10,13H,5H2,1-4H3. The van der Waals surface area contributed by atoms with Crippen LogP contribution in [-0.4, -0.2) is 21.6 Å². The van der Waals surface area contributed by atoms with Crippen molar-refractivity contribution in [2.75, 3.05) is 7.05 Å². The van der Waals surface area contributed by atoms with E-state index in [4.69, 9.17) is 0 Å².